The third kappa shape index (κ3) is 6.69. The molecule has 3 heteroatoms. The van der Waals surface area contributed by atoms with E-state index in [0.29, 0.717) is 6.54 Å². The largest absolute Gasteiger partial charge is 0.0622 e. The average molecular weight is 417 g/mol. The first-order valence-electron chi connectivity index (χ1n) is 7.32. The van der Waals surface area contributed by atoms with Crippen molar-refractivity contribution < 1.29 is 19.2 Å². The summed E-state index contributed by atoms with van der Waals surface area (Å²) in [5, 5.41) is 0. The summed E-state index contributed by atoms with van der Waals surface area (Å²) in [7, 11) is 0. The van der Waals surface area contributed by atoms with Crippen molar-refractivity contribution in [1.29, 1.82) is 0 Å². The van der Waals surface area contributed by atoms with E-state index in [9.17, 15) is 0 Å². The van der Waals surface area contributed by atoms with Crippen molar-refractivity contribution in [2.75, 3.05) is 6.54 Å². The Bertz CT molecular complexity index is 634. The molecule has 0 amide bonds. The first kappa shape index (κ1) is 19.6. The standard InChI is InChI=1S/C12H10.C8H10N.ClH.Pd/c1-3-7-11(8-4-1)12-9-5-2-6-10-12;9-7-6-8-4-2-1-3-5-8;;/h1-10H;1-4H,6-7,9H2;1H;. The molecule has 3 aromatic rings. The van der Waals surface area contributed by atoms with E-state index in [2.05, 4.69) is 73.8 Å². The Kier molecular flexibility index (Phi) is 9.52. The van der Waals surface area contributed by atoms with Crippen LogP contribution in [0.2, 0.25) is 0 Å². The van der Waals surface area contributed by atoms with Gasteiger partial charge in [0.05, 0.1) is 0 Å². The minimum absolute atomic E-state index is 0. The van der Waals surface area contributed by atoms with E-state index in [1.807, 2.05) is 30.3 Å². The van der Waals surface area contributed by atoms with Crippen LogP contribution in [-0.4, -0.2) is 6.54 Å². The van der Waals surface area contributed by atoms with Gasteiger partial charge in [-0.1, -0.05) is 60.7 Å². The smallest absolute Gasteiger partial charge is 0.0184 e. The average Bonchev–Trinajstić information content (AvgIpc) is 2.59. The van der Waals surface area contributed by atoms with Crippen molar-refractivity contribution in [2.24, 2.45) is 5.73 Å². The summed E-state index contributed by atoms with van der Waals surface area (Å²) in [6, 6.07) is 29.0. The van der Waals surface area contributed by atoms with E-state index in [0.717, 1.165) is 6.42 Å². The van der Waals surface area contributed by atoms with Gasteiger partial charge in [0.25, 0.3) is 0 Å². The van der Waals surface area contributed by atoms with Gasteiger partial charge in [-0.2, -0.15) is 0 Å². The van der Waals surface area contributed by atoms with Crippen molar-refractivity contribution in [3.8, 4) is 11.1 Å². The monoisotopic (exact) mass is 416 g/mol. The van der Waals surface area contributed by atoms with Gasteiger partial charge in [0.1, 0.15) is 0 Å². The Balaban J connectivity index is 0.000000224. The van der Waals surface area contributed by atoms with E-state index in [4.69, 9.17) is 5.73 Å². The van der Waals surface area contributed by atoms with Crippen molar-refractivity contribution >= 4 is 16.4 Å². The maximum atomic E-state index is 5.41. The molecule has 0 atom stereocenters. The molecule has 0 aliphatic carbocycles. The Morgan fingerprint density at radius 3 is 1.52 bits per heavy atom. The molecule has 0 saturated heterocycles. The van der Waals surface area contributed by atoms with Crippen LogP contribution in [-0.2, 0) is 25.6 Å². The number of hydrogen-bond acceptors (Lipinski definition) is 1. The summed E-state index contributed by atoms with van der Waals surface area (Å²) < 4.78 is 1.19. The van der Waals surface area contributed by atoms with Crippen LogP contribution in [0.4, 0.5) is 0 Å². The van der Waals surface area contributed by atoms with Crippen LogP contribution < -0.4 is 9.77 Å². The van der Waals surface area contributed by atoms with Gasteiger partial charge in [-0.25, -0.2) is 0 Å². The molecule has 0 fully saturated rings. The Morgan fingerprint density at radius 1 is 0.652 bits per heavy atom. The van der Waals surface area contributed by atoms with Crippen LogP contribution in [0.5, 0.6) is 0 Å². The molecule has 0 saturated carbocycles. The van der Waals surface area contributed by atoms with Crippen LogP contribution in [0.15, 0.2) is 84.9 Å². The molecule has 123 valence electrons. The molecule has 0 heterocycles. The Morgan fingerprint density at radius 2 is 1.09 bits per heavy atom. The van der Waals surface area contributed by atoms with Crippen molar-refractivity contribution in [3.63, 3.8) is 0 Å². The van der Waals surface area contributed by atoms with Gasteiger partial charge in [-0.05, 0) is 11.1 Å². The first-order chi connectivity index (χ1) is 10.8. The maximum absolute atomic E-state index is 5.41. The SMILES string of the molecule is Cl.NCCc1cccc[c]1[Pd].c1ccc(-c2ccccc2)cc1. The summed E-state index contributed by atoms with van der Waals surface area (Å²) in [5.74, 6) is 0. The molecule has 2 N–H and O–H groups in total. The predicted octanol–water partition coefficient (Wildman–Crippen LogP) is 4.14. The minimum Gasteiger partial charge on any atom is -0.0622 e. The van der Waals surface area contributed by atoms with Gasteiger partial charge in [-0.15, -0.1) is 12.4 Å². The molecule has 0 spiro atoms. The van der Waals surface area contributed by atoms with Gasteiger partial charge < -0.3 is 0 Å². The number of halogens is 1. The Hall–Kier alpha value is -1.43. The summed E-state index contributed by atoms with van der Waals surface area (Å²) in [6.45, 7) is 0.717. The van der Waals surface area contributed by atoms with E-state index >= 15 is 0 Å². The second kappa shape index (κ2) is 11.2. The van der Waals surface area contributed by atoms with E-state index in [1.165, 1.54) is 20.7 Å². The van der Waals surface area contributed by atoms with Crippen LogP contribution in [0.25, 0.3) is 11.1 Å². The van der Waals surface area contributed by atoms with E-state index in [1.54, 1.807) is 0 Å². The number of rotatable bonds is 3. The predicted molar refractivity (Wildman–Crippen MR) is 98.0 cm³/mol. The molecule has 0 aromatic heterocycles. The summed E-state index contributed by atoms with van der Waals surface area (Å²) in [5.41, 5.74) is 9.26. The first-order valence-corrected chi connectivity index (χ1v) is 8.10. The second-order valence-electron chi connectivity index (χ2n) is 4.83. The molecule has 3 rings (SSSR count). The molecule has 0 radical (unpaired) electrons. The fourth-order valence-electron chi connectivity index (χ4n) is 2.10. The van der Waals surface area contributed by atoms with Gasteiger partial charge in [0.15, 0.2) is 0 Å². The van der Waals surface area contributed by atoms with Gasteiger partial charge in [0.2, 0.25) is 0 Å². The zero-order valence-electron chi connectivity index (χ0n) is 12.8. The van der Waals surface area contributed by atoms with E-state index in [-0.39, 0.29) is 12.4 Å². The molecule has 3 aromatic carbocycles. The van der Waals surface area contributed by atoms with Gasteiger partial charge in [-0.3, -0.25) is 0 Å². The molecule has 0 bridgehead atoms. The van der Waals surface area contributed by atoms with Crippen molar-refractivity contribution in [1.82, 2.24) is 0 Å². The molecule has 0 aliphatic rings. The normalized spacial score (nSPS) is 9.35. The molecule has 1 nitrogen and oxygen atoms in total. The minimum atomic E-state index is 0. The van der Waals surface area contributed by atoms with Crippen LogP contribution in [0.1, 0.15) is 5.56 Å². The van der Waals surface area contributed by atoms with Crippen molar-refractivity contribution in [3.05, 3.63) is 90.5 Å². The molecule has 23 heavy (non-hydrogen) atoms. The molecule has 0 unspecified atom stereocenters. The molecular weight excluding hydrogens is 396 g/mol. The Labute approximate surface area is 155 Å². The zero-order chi connectivity index (χ0) is 15.6. The summed E-state index contributed by atoms with van der Waals surface area (Å²) >= 11 is 3.18. The van der Waals surface area contributed by atoms with Gasteiger partial charge in [0, 0.05) is 0 Å². The quantitative estimate of drug-likeness (QED) is 0.638. The maximum Gasteiger partial charge on any atom is -0.0184 e. The second-order valence-corrected chi connectivity index (χ2v) is 5.67. The van der Waals surface area contributed by atoms with Gasteiger partial charge >= 0.3 is 71.8 Å². The topological polar surface area (TPSA) is 26.0 Å². The number of benzene rings is 3. The third-order valence-corrected chi connectivity index (χ3v) is 3.98. The van der Waals surface area contributed by atoms with Crippen LogP contribution >= 0.6 is 12.4 Å². The molecule has 0 aliphatic heterocycles. The fourth-order valence-corrected chi connectivity index (χ4v) is 2.57. The summed E-state index contributed by atoms with van der Waals surface area (Å²) in [6.07, 6.45) is 0.955. The number of nitrogens with two attached hydrogens (primary N) is 1. The van der Waals surface area contributed by atoms with E-state index < -0.39 is 0 Å². The molecular formula is C20H21ClNPd. The number of hydrogen-bond donors (Lipinski definition) is 1. The summed E-state index contributed by atoms with van der Waals surface area (Å²) in [4.78, 5) is 0. The zero-order valence-corrected chi connectivity index (χ0v) is 15.2. The van der Waals surface area contributed by atoms with Crippen molar-refractivity contribution in [2.45, 2.75) is 6.42 Å². The third-order valence-electron chi connectivity index (χ3n) is 3.22. The fraction of sp³-hybridized carbons (Fsp3) is 0.100. The van der Waals surface area contributed by atoms with Crippen LogP contribution in [0, 0.1) is 0 Å². The van der Waals surface area contributed by atoms with Crippen LogP contribution in [0.3, 0.4) is 0 Å².